The smallest absolute Gasteiger partial charge is 0.243 e. The number of hydrogen-bond acceptors (Lipinski definition) is 4. The summed E-state index contributed by atoms with van der Waals surface area (Å²) in [4.78, 5) is 0.165. The molecule has 0 saturated carbocycles. The van der Waals surface area contributed by atoms with Crippen molar-refractivity contribution in [2.45, 2.75) is 11.8 Å². The van der Waals surface area contributed by atoms with Crippen molar-refractivity contribution in [2.24, 2.45) is 10.9 Å². The molecule has 0 amide bonds. The molecule has 0 spiro atoms. The molecule has 0 atom stereocenters. The average Bonchev–Trinajstić information content (AvgIpc) is 2.35. The van der Waals surface area contributed by atoms with E-state index in [9.17, 15) is 8.42 Å². The molecule has 0 aliphatic rings. The Hall–Kier alpha value is -1.12. The van der Waals surface area contributed by atoms with Crippen LogP contribution < -0.4 is 5.73 Å². The van der Waals surface area contributed by atoms with Crippen LogP contribution in [0.5, 0.6) is 0 Å². The first-order valence-corrected chi connectivity index (χ1v) is 7.37. The van der Waals surface area contributed by atoms with Gasteiger partial charge in [0.15, 0.2) is 5.84 Å². The van der Waals surface area contributed by atoms with E-state index in [-0.39, 0.29) is 23.8 Å². The molecule has 0 radical (unpaired) electrons. The van der Waals surface area contributed by atoms with Gasteiger partial charge in [-0.2, -0.15) is 4.31 Å². The normalized spacial score (nSPS) is 12.9. The van der Waals surface area contributed by atoms with Crippen LogP contribution in [0.25, 0.3) is 0 Å². The quantitative estimate of drug-likeness (QED) is 0.366. The summed E-state index contributed by atoms with van der Waals surface area (Å²) in [5.41, 5.74) is 5.33. The Bertz CT molecular complexity index is 528. The maximum Gasteiger partial charge on any atom is 0.243 e. The van der Waals surface area contributed by atoms with Gasteiger partial charge in [0.1, 0.15) is 0 Å². The minimum absolute atomic E-state index is 0.147. The molecule has 0 unspecified atom stereocenters. The predicted molar refractivity (Wildman–Crippen MR) is 72.0 cm³/mol. The third-order valence-corrected chi connectivity index (χ3v) is 4.73. The molecule has 3 N–H and O–H groups in total. The number of nitrogens with zero attached hydrogens (tertiary/aromatic N) is 2. The minimum atomic E-state index is -3.63. The second-order valence-corrected chi connectivity index (χ2v) is 6.33. The lowest BCUT2D eigenvalue weighted by atomic mass is 10.4. The Kier molecular flexibility index (Phi) is 5.12. The highest BCUT2D eigenvalue weighted by Gasteiger charge is 2.23. The summed E-state index contributed by atoms with van der Waals surface area (Å²) in [6, 6.07) is 6.27. The van der Waals surface area contributed by atoms with Crippen LogP contribution in [0, 0.1) is 0 Å². The minimum Gasteiger partial charge on any atom is -0.409 e. The molecule has 1 rings (SSSR count). The Morgan fingerprint density at radius 2 is 2.00 bits per heavy atom. The monoisotopic (exact) mass is 335 g/mol. The van der Waals surface area contributed by atoms with Crippen LogP contribution in [-0.2, 0) is 10.0 Å². The molecule has 18 heavy (non-hydrogen) atoms. The second-order valence-electron chi connectivity index (χ2n) is 3.48. The lowest BCUT2D eigenvalue weighted by molar-refractivity contribution is 0.315. The molecule has 0 fully saturated rings. The highest BCUT2D eigenvalue weighted by molar-refractivity contribution is 9.10. The summed E-state index contributed by atoms with van der Waals surface area (Å²) in [5, 5.41) is 11.3. The van der Waals surface area contributed by atoms with Gasteiger partial charge in [-0.3, -0.25) is 0 Å². The van der Waals surface area contributed by atoms with Crippen LogP contribution in [0.4, 0.5) is 0 Å². The second kappa shape index (κ2) is 6.17. The number of halogens is 1. The SMILES string of the molecule is CCN(CC(N)=NO)S(=O)(=O)c1ccc(Br)cc1. The van der Waals surface area contributed by atoms with Gasteiger partial charge in [0.05, 0.1) is 11.4 Å². The topological polar surface area (TPSA) is 96.0 Å². The lowest BCUT2D eigenvalue weighted by Crippen LogP contribution is -2.38. The molecule has 8 heteroatoms. The molecular formula is C10H14BrN3O3S. The van der Waals surface area contributed by atoms with Gasteiger partial charge in [0, 0.05) is 11.0 Å². The molecule has 0 heterocycles. The van der Waals surface area contributed by atoms with Gasteiger partial charge in [0.25, 0.3) is 0 Å². The van der Waals surface area contributed by atoms with Crippen molar-refractivity contribution in [3.05, 3.63) is 28.7 Å². The number of likely N-dealkylation sites (N-methyl/N-ethyl adjacent to an activating group) is 1. The molecule has 1 aromatic rings. The summed E-state index contributed by atoms with van der Waals surface area (Å²) < 4.78 is 26.4. The predicted octanol–water partition coefficient (Wildman–Crippen LogP) is 1.21. The highest BCUT2D eigenvalue weighted by atomic mass is 79.9. The fourth-order valence-corrected chi connectivity index (χ4v) is 3.02. The first-order valence-electron chi connectivity index (χ1n) is 5.14. The van der Waals surface area contributed by atoms with Crippen molar-refractivity contribution in [1.29, 1.82) is 0 Å². The first kappa shape index (κ1) is 14.9. The van der Waals surface area contributed by atoms with Gasteiger partial charge < -0.3 is 10.9 Å². The van der Waals surface area contributed by atoms with Gasteiger partial charge in [-0.15, -0.1) is 0 Å². The number of benzene rings is 1. The van der Waals surface area contributed by atoms with E-state index in [2.05, 4.69) is 21.1 Å². The Balaban J connectivity index is 3.07. The summed E-state index contributed by atoms with van der Waals surface area (Å²) in [7, 11) is -3.63. The van der Waals surface area contributed by atoms with Gasteiger partial charge >= 0.3 is 0 Å². The molecule has 0 aliphatic carbocycles. The van der Waals surface area contributed by atoms with E-state index in [1.165, 1.54) is 12.1 Å². The third kappa shape index (κ3) is 3.44. The fourth-order valence-electron chi connectivity index (χ4n) is 1.33. The standard InChI is InChI=1S/C10H14BrN3O3S/c1-2-14(7-10(12)13-15)18(16,17)9-5-3-8(11)4-6-9/h3-6,15H,2,7H2,1H3,(H2,12,13). The van der Waals surface area contributed by atoms with E-state index in [0.29, 0.717) is 0 Å². The van der Waals surface area contributed by atoms with Crippen LogP contribution in [0.15, 0.2) is 38.8 Å². The molecule has 0 aliphatic heterocycles. The zero-order valence-electron chi connectivity index (χ0n) is 9.75. The van der Waals surface area contributed by atoms with E-state index < -0.39 is 10.0 Å². The zero-order chi connectivity index (χ0) is 13.8. The van der Waals surface area contributed by atoms with E-state index >= 15 is 0 Å². The molecule has 100 valence electrons. The summed E-state index contributed by atoms with van der Waals surface area (Å²) in [6.45, 7) is 1.76. The van der Waals surface area contributed by atoms with Gasteiger partial charge in [0.2, 0.25) is 10.0 Å². The van der Waals surface area contributed by atoms with Crippen LogP contribution in [-0.4, -0.2) is 36.9 Å². The molecule has 0 aromatic heterocycles. The lowest BCUT2D eigenvalue weighted by Gasteiger charge is -2.19. The first-order chi connectivity index (χ1) is 8.41. The van der Waals surface area contributed by atoms with Crippen molar-refractivity contribution >= 4 is 31.8 Å². The van der Waals surface area contributed by atoms with Crippen molar-refractivity contribution in [1.82, 2.24) is 4.31 Å². The Labute approximate surface area is 114 Å². The van der Waals surface area contributed by atoms with E-state index in [0.717, 1.165) is 8.78 Å². The van der Waals surface area contributed by atoms with Crippen LogP contribution in [0.2, 0.25) is 0 Å². The maximum absolute atomic E-state index is 12.2. The average molecular weight is 336 g/mol. The number of sulfonamides is 1. The van der Waals surface area contributed by atoms with E-state index in [4.69, 9.17) is 10.9 Å². The molecule has 1 aromatic carbocycles. The number of rotatable bonds is 5. The summed E-state index contributed by atoms with van der Waals surface area (Å²) >= 11 is 3.24. The summed E-state index contributed by atoms with van der Waals surface area (Å²) in [6.07, 6.45) is 0. The molecule has 0 bridgehead atoms. The Morgan fingerprint density at radius 1 is 1.44 bits per heavy atom. The largest absolute Gasteiger partial charge is 0.409 e. The molecule has 6 nitrogen and oxygen atoms in total. The number of oxime groups is 1. The van der Waals surface area contributed by atoms with Gasteiger partial charge in [-0.1, -0.05) is 28.0 Å². The molecular weight excluding hydrogens is 322 g/mol. The molecule has 0 saturated heterocycles. The van der Waals surface area contributed by atoms with Crippen LogP contribution >= 0.6 is 15.9 Å². The van der Waals surface area contributed by atoms with Crippen molar-refractivity contribution in [3.63, 3.8) is 0 Å². The van der Waals surface area contributed by atoms with Gasteiger partial charge in [-0.25, -0.2) is 8.42 Å². The number of nitrogens with two attached hydrogens (primary N) is 1. The van der Waals surface area contributed by atoms with Crippen LogP contribution in [0.3, 0.4) is 0 Å². The number of hydrogen-bond donors (Lipinski definition) is 2. The maximum atomic E-state index is 12.2. The number of amidine groups is 1. The highest BCUT2D eigenvalue weighted by Crippen LogP contribution is 2.18. The van der Waals surface area contributed by atoms with Crippen molar-refractivity contribution in [2.75, 3.05) is 13.1 Å². The van der Waals surface area contributed by atoms with Gasteiger partial charge in [-0.05, 0) is 24.3 Å². The third-order valence-electron chi connectivity index (χ3n) is 2.27. The summed E-state index contributed by atoms with van der Waals surface area (Å²) in [5.74, 6) is -0.155. The van der Waals surface area contributed by atoms with Crippen molar-refractivity contribution in [3.8, 4) is 0 Å². The van der Waals surface area contributed by atoms with Crippen molar-refractivity contribution < 1.29 is 13.6 Å². The Morgan fingerprint density at radius 3 is 2.44 bits per heavy atom. The zero-order valence-corrected chi connectivity index (χ0v) is 12.1. The van der Waals surface area contributed by atoms with Crippen LogP contribution in [0.1, 0.15) is 6.92 Å². The van der Waals surface area contributed by atoms with E-state index in [1.54, 1.807) is 19.1 Å². The fraction of sp³-hybridized carbons (Fsp3) is 0.300. The van der Waals surface area contributed by atoms with E-state index in [1.807, 2.05) is 0 Å².